The summed E-state index contributed by atoms with van der Waals surface area (Å²) in [6, 6.07) is 12.4. The number of carbonyl (C=O) groups is 1. The number of aliphatic carboxylic acids is 1. The molecular weight excluding hydrogens is 521 g/mol. The quantitative estimate of drug-likeness (QED) is 0.199. The largest absolute Gasteiger partial charge is 0.490 e. The maximum atomic E-state index is 14.1. The van der Waals surface area contributed by atoms with Gasteiger partial charge in [-0.1, -0.05) is 24.3 Å². The van der Waals surface area contributed by atoms with Gasteiger partial charge in [0.15, 0.2) is 11.5 Å². The Morgan fingerprint density at radius 2 is 1.88 bits per heavy atom. The predicted molar refractivity (Wildman–Crippen MR) is 143 cm³/mol. The van der Waals surface area contributed by atoms with Crippen LogP contribution in [0.4, 0.5) is 4.39 Å². The minimum absolute atomic E-state index is 0.0282. The van der Waals surface area contributed by atoms with Crippen LogP contribution in [0.5, 0.6) is 11.5 Å². The Morgan fingerprint density at radius 1 is 1.20 bits per heavy atom. The number of nitrogens with zero attached hydrogens (tertiary/aromatic N) is 4. The lowest BCUT2D eigenvalue weighted by molar-refractivity contribution is -0.134. The predicted octanol–water partition coefficient (Wildman–Crippen LogP) is 2.73. The number of benzene rings is 2. The summed E-state index contributed by atoms with van der Waals surface area (Å²) in [6.45, 7) is 1.25. The molecule has 0 amide bonds. The molecule has 1 unspecified atom stereocenters. The van der Waals surface area contributed by atoms with Crippen LogP contribution in [0.2, 0.25) is 0 Å². The molecule has 5 N–H and O–H groups in total. The van der Waals surface area contributed by atoms with Gasteiger partial charge in [0.1, 0.15) is 18.3 Å². The second-order valence-corrected chi connectivity index (χ2v) is 8.85. The lowest BCUT2D eigenvalue weighted by Crippen LogP contribution is -2.18. The first-order valence-electron chi connectivity index (χ1n) is 12.3. The van der Waals surface area contributed by atoms with Crippen LogP contribution in [0, 0.1) is 5.41 Å². The highest BCUT2D eigenvalue weighted by Crippen LogP contribution is 2.39. The van der Waals surface area contributed by atoms with Gasteiger partial charge in [-0.25, -0.2) is 19.2 Å². The van der Waals surface area contributed by atoms with Gasteiger partial charge in [-0.3, -0.25) is 15.2 Å². The smallest absolute Gasteiger partial charge is 0.350 e. The number of nitrogens with two attached hydrogens (primary N) is 1. The Labute approximate surface area is 228 Å². The van der Waals surface area contributed by atoms with Gasteiger partial charge in [-0.05, 0) is 35.7 Å². The number of H-pyrrole nitrogens is 1. The standard InChI is InChI=1S/C25H24FN7O3.C2H4O2/c26-14-18-12-17(13-20-21(18)36-10-2-9-35-20)19(11-15-3-5-16(6-4-15)22(27)28)23-31-25(34)33(32-23)24-29-7-1-8-30-24;1-2(3)4/h1,3-8,12-13,19H,2,9-11,14H2,(H3,27,28)(H,31,32,34);1H3,(H,3,4). The molecule has 1 aliphatic heterocycles. The van der Waals surface area contributed by atoms with Crippen molar-refractivity contribution in [1.29, 1.82) is 5.41 Å². The van der Waals surface area contributed by atoms with Crippen LogP contribution in [0.15, 0.2) is 59.7 Å². The number of ether oxygens (including phenoxy) is 2. The molecule has 2 aromatic carbocycles. The molecule has 0 saturated carbocycles. The number of amidine groups is 1. The van der Waals surface area contributed by atoms with Gasteiger partial charge in [0.25, 0.3) is 11.9 Å². The lowest BCUT2D eigenvalue weighted by Gasteiger charge is -2.19. The average Bonchev–Trinajstić information content (AvgIpc) is 3.16. The number of nitrogens with one attached hydrogen (secondary N) is 2. The summed E-state index contributed by atoms with van der Waals surface area (Å²) in [5, 5.41) is 19.5. The van der Waals surface area contributed by atoms with E-state index in [1.165, 1.54) is 12.4 Å². The van der Waals surface area contributed by atoms with Crippen LogP contribution >= 0.6 is 0 Å². The zero-order chi connectivity index (χ0) is 28.6. The van der Waals surface area contributed by atoms with Gasteiger partial charge in [-0.15, -0.1) is 9.78 Å². The second kappa shape index (κ2) is 12.7. The molecule has 40 heavy (non-hydrogen) atoms. The highest BCUT2D eigenvalue weighted by atomic mass is 19.1. The monoisotopic (exact) mass is 549 g/mol. The van der Waals surface area contributed by atoms with Crippen molar-refractivity contribution in [2.75, 3.05) is 13.2 Å². The molecular formula is C27H28FN7O5. The number of carboxylic acid groups (broad SMARTS) is 1. The number of halogens is 1. The number of aromatic amines is 1. The fourth-order valence-corrected chi connectivity index (χ4v) is 4.13. The average molecular weight is 550 g/mol. The first-order chi connectivity index (χ1) is 19.3. The Hall–Kier alpha value is -5.07. The summed E-state index contributed by atoms with van der Waals surface area (Å²) in [4.78, 5) is 32.8. The van der Waals surface area contributed by atoms with E-state index in [0.717, 1.165) is 17.2 Å². The fraction of sp³-hybridized carbons (Fsp3) is 0.259. The third-order valence-corrected chi connectivity index (χ3v) is 5.90. The van der Waals surface area contributed by atoms with E-state index < -0.39 is 24.3 Å². The number of carboxylic acids is 1. The van der Waals surface area contributed by atoms with E-state index in [0.29, 0.717) is 60.1 Å². The summed E-state index contributed by atoms with van der Waals surface area (Å²) in [5.41, 5.74) is 7.68. The summed E-state index contributed by atoms with van der Waals surface area (Å²) < 4.78 is 26.8. The molecule has 0 aliphatic carbocycles. The number of hydrogen-bond acceptors (Lipinski definition) is 8. The number of hydrogen-bond donors (Lipinski definition) is 4. The summed E-state index contributed by atoms with van der Waals surface area (Å²) >= 11 is 0. The summed E-state index contributed by atoms with van der Waals surface area (Å²) in [5.74, 6) is 0.0376. The van der Waals surface area contributed by atoms with Crippen molar-refractivity contribution in [2.24, 2.45) is 5.73 Å². The minimum Gasteiger partial charge on any atom is -0.490 e. The van der Waals surface area contributed by atoms with Crippen LogP contribution in [-0.4, -0.2) is 54.9 Å². The maximum absolute atomic E-state index is 14.1. The number of fused-ring (bicyclic) bond motifs is 1. The van der Waals surface area contributed by atoms with Crippen molar-refractivity contribution in [3.8, 4) is 17.4 Å². The Bertz CT molecular complexity index is 1530. The summed E-state index contributed by atoms with van der Waals surface area (Å²) in [7, 11) is 0. The lowest BCUT2D eigenvalue weighted by atomic mass is 9.89. The second-order valence-electron chi connectivity index (χ2n) is 8.85. The van der Waals surface area contributed by atoms with E-state index in [1.54, 1.807) is 24.3 Å². The van der Waals surface area contributed by atoms with Crippen LogP contribution in [0.25, 0.3) is 5.95 Å². The van der Waals surface area contributed by atoms with E-state index in [9.17, 15) is 9.18 Å². The normalized spacial score (nSPS) is 12.9. The SMILES string of the molecule is CC(=O)O.N=C(N)c1ccc(CC(c2cc(CF)c3c(c2)OCCCO3)c2nn(-c3ncccn3)c(=O)[nH]2)cc1. The molecule has 12 nitrogen and oxygen atoms in total. The molecule has 4 aromatic rings. The van der Waals surface area contributed by atoms with Gasteiger partial charge in [-0.2, -0.15) is 0 Å². The number of alkyl halides is 1. The maximum Gasteiger partial charge on any atom is 0.350 e. The molecule has 5 rings (SSSR count). The third-order valence-electron chi connectivity index (χ3n) is 5.90. The molecule has 1 aliphatic rings. The number of aromatic nitrogens is 5. The van der Waals surface area contributed by atoms with Crippen molar-refractivity contribution in [3.63, 3.8) is 0 Å². The molecule has 208 valence electrons. The summed E-state index contributed by atoms with van der Waals surface area (Å²) in [6.07, 6.45) is 4.16. The highest BCUT2D eigenvalue weighted by Gasteiger charge is 2.25. The topological polar surface area (TPSA) is 182 Å². The van der Waals surface area contributed by atoms with Gasteiger partial charge >= 0.3 is 5.69 Å². The molecule has 1 atom stereocenters. The first-order valence-corrected chi connectivity index (χ1v) is 12.3. The van der Waals surface area contributed by atoms with Crippen molar-refractivity contribution in [1.82, 2.24) is 24.7 Å². The zero-order valence-electron chi connectivity index (χ0n) is 21.6. The molecule has 0 radical (unpaired) electrons. The van der Waals surface area contributed by atoms with Crippen LogP contribution in [-0.2, 0) is 17.9 Å². The molecule has 0 fully saturated rings. The van der Waals surface area contributed by atoms with E-state index in [2.05, 4.69) is 20.1 Å². The van der Waals surface area contributed by atoms with E-state index >= 15 is 0 Å². The Balaban J connectivity index is 0.000000867. The zero-order valence-corrected chi connectivity index (χ0v) is 21.6. The third kappa shape index (κ3) is 6.67. The molecule has 13 heteroatoms. The molecule has 3 heterocycles. The fourth-order valence-electron chi connectivity index (χ4n) is 4.13. The van der Waals surface area contributed by atoms with Gasteiger partial charge in [0.05, 0.1) is 13.2 Å². The van der Waals surface area contributed by atoms with Crippen molar-refractivity contribution in [3.05, 3.63) is 93.4 Å². The minimum atomic E-state index is -0.833. The van der Waals surface area contributed by atoms with E-state index in [1.807, 2.05) is 18.2 Å². The van der Waals surface area contributed by atoms with E-state index in [4.69, 9.17) is 30.5 Å². The van der Waals surface area contributed by atoms with Crippen LogP contribution in [0.3, 0.4) is 0 Å². The van der Waals surface area contributed by atoms with E-state index in [-0.39, 0.29) is 11.8 Å². The molecule has 2 aromatic heterocycles. The van der Waals surface area contributed by atoms with Gasteiger partial charge in [0.2, 0.25) is 0 Å². The Kier molecular flexibility index (Phi) is 8.84. The number of rotatable bonds is 7. The van der Waals surface area contributed by atoms with Crippen LogP contribution < -0.4 is 20.9 Å². The molecule has 0 spiro atoms. The Morgan fingerprint density at radius 3 is 2.52 bits per heavy atom. The molecule has 0 bridgehead atoms. The number of nitrogen functional groups attached to an aromatic ring is 1. The van der Waals surface area contributed by atoms with Crippen molar-refractivity contribution >= 4 is 11.8 Å². The van der Waals surface area contributed by atoms with Gasteiger partial charge < -0.3 is 20.3 Å². The highest BCUT2D eigenvalue weighted by molar-refractivity contribution is 5.94. The van der Waals surface area contributed by atoms with Crippen molar-refractivity contribution in [2.45, 2.75) is 32.4 Å². The first kappa shape index (κ1) is 28.0. The molecule has 0 saturated heterocycles. The van der Waals surface area contributed by atoms with Crippen LogP contribution in [0.1, 0.15) is 47.3 Å². The van der Waals surface area contributed by atoms with Gasteiger partial charge in [0, 0.05) is 42.8 Å². The van der Waals surface area contributed by atoms with Crippen molar-refractivity contribution < 1.29 is 23.8 Å².